The van der Waals surface area contributed by atoms with Crippen LogP contribution in [0.15, 0.2) is 12.1 Å². The lowest BCUT2D eigenvalue weighted by molar-refractivity contribution is -0.139. The number of carbonyl (C=O) groups excluding carboxylic acids is 1. The number of nitriles is 1. The van der Waals surface area contributed by atoms with Crippen molar-refractivity contribution in [1.82, 2.24) is 0 Å². The summed E-state index contributed by atoms with van der Waals surface area (Å²) in [6, 6.07) is 5.00. The van der Waals surface area contributed by atoms with E-state index in [0.717, 1.165) is 0 Å². The number of hydrogen-bond acceptors (Lipinski definition) is 5. The van der Waals surface area contributed by atoms with Crippen LogP contribution in [0.2, 0.25) is 0 Å². The van der Waals surface area contributed by atoms with Gasteiger partial charge in [-0.2, -0.15) is 5.26 Å². The van der Waals surface area contributed by atoms with E-state index >= 15 is 0 Å². The largest absolute Gasteiger partial charge is 0.496 e. The van der Waals surface area contributed by atoms with Crippen molar-refractivity contribution in [2.45, 2.75) is 6.42 Å². The number of ether oxygens (including phenoxy) is 2. The minimum Gasteiger partial charge on any atom is -0.496 e. The lowest BCUT2D eigenvalue weighted by atomic mass is 10.1. The van der Waals surface area contributed by atoms with Crippen LogP contribution in [0, 0.1) is 11.3 Å². The van der Waals surface area contributed by atoms with Gasteiger partial charge in [-0.15, -0.1) is 0 Å². The molecule has 0 amide bonds. The van der Waals surface area contributed by atoms with Crippen molar-refractivity contribution in [3.8, 4) is 11.8 Å². The number of rotatable bonds is 3. The van der Waals surface area contributed by atoms with Gasteiger partial charge in [0.05, 0.1) is 32.3 Å². The minimum absolute atomic E-state index is 0.0250. The van der Waals surface area contributed by atoms with Crippen molar-refractivity contribution >= 4 is 11.7 Å². The lowest BCUT2D eigenvalue weighted by Gasteiger charge is -2.10. The molecule has 84 valence electrons. The normalized spacial score (nSPS) is 9.31. The Labute approximate surface area is 93.4 Å². The number of hydrogen-bond donors (Lipinski definition) is 1. The summed E-state index contributed by atoms with van der Waals surface area (Å²) in [5, 5.41) is 8.75. The van der Waals surface area contributed by atoms with Gasteiger partial charge >= 0.3 is 5.97 Å². The second kappa shape index (κ2) is 5.03. The molecule has 0 unspecified atom stereocenters. The summed E-state index contributed by atoms with van der Waals surface area (Å²) in [5.41, 5.74) is 7.01. The Morgan fingerprint density at radius 1 is 1.50 bits per heavy atom. The van der Waals surface area contributed by atoms with Gasteiger partial charge in [-0.05, 0) is 12.1 Å². The predicted octanol–water partition coefficient (Wildman–Crippen LogP) is 0.865. The van der Waals surface area contributed by atoms with Crippen LogP contribution in [0.25, 0.3) is 0 Å². The molecule has 0 radical (unpaired) electrons. The molecule has 0 saturated heterocycles. The molecule has 0 spiro atoms. The third-order valence-corrected chi connectivity index (χ3v) is 2.14. The number of esters is 1. The SMILES string of the molecule is COC(=O)Cc1c(N)cc(C#N)cc1OC. The maximum absolute atomic E-state index is 11.2. The molecule has 0 heterocycles. The topological polar surface area (TPSA) is 85.3 Å². The fourth-order valence-corrected chi connectivity index (χ4v) is 1.32. The van der Waals surface area contributed by atoms with Crippen LogP contribution in [0.1, 0.15) is 11.1 Å². The van der Waals surface area contributed by atoms with E-state index in [4.69, 9.17) is 15.7 Å². The van der Waals surface area contributed by atoms with Crippen LogP contribution in [0.3, 0.4) is 0 Å². The van der Waals surface area contributed by atoms with Gasteiger partial charge in [0, 0.05) is 11.3 Å². The molecule has 0 atom stereocenters. The van der Waals surface area contributed by atoms with Gasteiger partial charge in [0.1, 0.15) is 5.75 Å². The average Bonchev–Trinajstić information content (AvgIpc) is 2.30. The fourth-order valence-electron chi connectivity index (χ4n) is 1.32. The molecule has 1 rings (SSSR count). The Bertz CT molecular complexity index is 449. The van der Waals surface area contributed by atoms with Gasteiger partial charge in [-0.1, -0.05) is 0 Å². The maximum atomic E-state index is 11.2. The third-order valence-electron chi connectivity index (χ3n) is 2.14. The summed E-state index contributed by atoms with van der Waals surface area (Å²) in [5.74, 6) is 0.0108. The van der Waals surface area contributed by atoms with E-state index in [1.807, 2.05) is 6.07 Å². The molecule has 0 saturated carbocycles. The zero-order valence-corrected chi connectivity index (χ0v) is 9.11. The number of benzene rings is 1. The number of methoxy groups -OCH3 is 2. The van der Waals surface area contributed by atoms with Gasteiger partial charge in [0.15, 0.2) is 0 Å². The molecule has 0 aliphatic rings. The quantitative estimate of drug-likeness (QED) is 0.603. The number of anilines is 1. The average molecular weight is 220 g/mol. The van der Waals surface area contributed by atoms with Crippen LogP contribution < -0.4 is 10.5 Å². The van der Waals surface area contributed by atoms with Crippen LogP contribution in [0.5, 0.6) is 5.75 Å². The molecule has 2 N–H and O–H groups in total. The van der Waals surface area contributed by atoms with Crippen LogP contribution in [-0.4, -0.2) is 20.2 Å². The molecule has 0 fully saturated rings. The molecule has 16 heavy (non-hydrogen) atoms. The summed E-state index contributed by atoms with van der Waals surface area (Å²) >= 11 is 0. The molecule has 0 aliphatic carbocycles. The first-order valence-electron chi connectivity index (χ1n) is 4.55. The first-order chi connectivity index (χ1) is 7.62. The van der Waals surface area contributed by atoms with Gasteiger partial charge in [-0.3, -0.25) is 4.79 Å². The smallest absolute Gasteiger partial charge is 0.310 e. The van der Waals surface area contributed by atoms with E-state index < -0.39 is 5.97 Å². The maximum Gasteiger partial charge on any atom is 0.310 e. The van der Waals surface area contributed by atoms with E-state index in [-0.39, 0.29) is 6.42 Å². The van der Waals surface area contributed by atoms with Crippen molar-refractivity contribution in [3.05, 3.63) is 23.3 Å². The number of carbonyl (C=O) groups is 1. The minimum atomic E-state index is -0.408. The highest BCUT2D eigenvalue weighted by molar-refractivity contribution is 5.77. The summed E-state index contributed by atoms with van der Waals surface area (Å²) in [6.07, 6.45) is 0.0250. The second-order valence-corrected chi connectivity index (χ2v) is 3.11. The predicted molar refractivity (Wildman–Crippen MR) is 57.8 cm³/mol. The van der Waals surface area contributed by atoms with Gasteiger partial charge < -0.3 is 15.2 Å². The Morgan fingerprint density at radius 2 is 2.19 bits per heavy atom. The zero-order chi connectivity index (χ0) is 12.1. The third kappa shape index (κ3) is 2.42. The van der Waals surface area contributed by atoms with Crippen LogP contribution >= 0.6 is 0 Å². The molecule has 5 heteroatoms. The molecular weight excluding hydrogens is 208 g/mol. The first-order valence-corrected chi connectivity index (χ1v) is 4.55. The molecular formula is C11H12N2O3. The zero-order valence-electron chi connectivity index (χ0n) is 9.11. The van der Waals surface area contributed by atoms with E-state index in [0.29, 0.717) is 22.6 Å². The summed E-state index contributed by atoms with van der Waals surface area (Å²) in [7, 11) is 2.76. The molecule has 5 nitrogen and oxygen atoms in total. The Morgan fingerprint density at radius 3 is 2.69 bits per heavy atom. The van der Waals surface area contributed by atoms with E-state index in [1.165, 1.54) is 26.4 Å². The van der Waals surface area contributed by atoms with Crippen molar-refractivity contribution in [3.63, 3.8) is 0 Å². The van der Waals surface area contributed by atoms with E-state index in [2.05, 4.69) is 4.74 Å². The summed E-state index contributed by atoms with van der Waals surface area (Å²) < 4.78 is 9.63. The Hall–Kier alpha value is -2.22. The monoisotopic (exact) mass is 220 g/mol. The summed E-state index contributed by atoms with van der Waals surface area (Å²) in [6.45, 7) is 0. The van der Waals surface area contributed by atoms with Gasteiger partial charge in [-0.25, -0.2) is 0 Å². The second-order valence-electron chi connectivity index (χ2n) is 3.11. The fraction of sp³-hybridized carbons (Fsp3) is 0.273. The van der Waals surface area contributed by atoms with Crippen LogP contribution in [-0.2, 0) is 16.0 Å². The molecule has 1 aromatic carbocycles. The van der Waals surface area contributed by atoms with Crippen LogP contribution in [0.4, 0.5) is 5.69 Å². The van der Waals surface area contributed by atoms with Crippen molar-refractivity contribution < 1.29 is 14.3 Å². The highest BCUT2D eigenvalue weighted by atomic mass is 16.5. The number of nitrogen functional groups attached to an aromatic ring is 1. The summed E-state index contributed by atoms with van der Waals surface area (Å²) in [4.78, 5) is 11.2. The Kier molecular flexibility index (Phi) is 3.72. The van der Waals surface area contributed by atoms with E-state index in [1.54, 1.807) is 0 Å². The van der Waals surface area contributed by atoms with E-state index in [9.17, 15) is 4.79 Å². The highest BCUT2D eigenvalue weighted by Gasteiger charge is 2.13. The number of nitrogens with two attached hydrogens (primary N) is 1. The standard InChI is InChI=1S/C11H12N2O3/c1-15-10-4-7(6-12)3-9(13)8(10)5-11(14)16-2/h3-4H,5,13H2,1-2H3. The number of nitrogens with zero attached hydrogens (tertiary/aromatic N) is 1. The molecule has 0 bridgehead atoms. The van der Waals surface area contributed by atoms with Crippen molar-refractivity contribution in [1.29, 1.82) is 5.26 Å². The lowest BCUT2D eigenvalue weighted by Crippen LogP contribution is -2.08. The first kappa shape index (κ1) is 11.9. The molecule has 0 aliphatic heterocycles. The highest BCUT2D eigenvalue weighted by Crippen LogP contribution is 2.27. The van der Waals surface area contributed by atoms with Gasteiger partial charge in [0.2, 0.25) is 0 Å². The van der Waals surface area contributed by atoms with Crippen molar-refractivity contribution in [2.24, 2.45) is 0 Å². The molecule has 1 aromatic rings. The Balaban J connectivity index is 3.17. The van der Waals surface area contributed by atoms with Crippen molar-refractivity contribution in [2.75, 3.05) is 20.0 Å². The van der Waals surface area contributed by atoms with Gasteiger partial charge in [0.25, 0.3) is 0 Å². The molecule has 0 aromatic heterocycles.